The normalized spacial score (nSPS) is 18.2. The van der Waals surface area contributed by atoms with E-state index in [4.69, 9.17) is 11.6 Å². The van der Waals surface area contributed by atoms with Crippen molar-refractivity contribution in [3.8, 4) is 0 Å². The second kappa shape index (κ2) is 7.07. The van der Waals surface area contributed by atoms with Gasteiger partial charge in [-0.1, -0.05) is 11.6 Å². The zero-order valence-electron chi connectivity index (χ0n) is 11.7. The number of amides is 1. The highest BCUT2D eigenvalue weighted by Gasteiger charge is 2.22. The lowest BCUT2D eigenvalue weighted by molar-refractivity contribution is 0.0706. The third kappa shape index (κ3) is 3.95. The maximum atomic E-state index is 12.6. The molecule has 1 aromatic rings. The van der Waals surface area contributed by atoms with Crippen LogP contribution in [0.2, 0.25) is 5.02 Å². The molecule has 0 radical (unpaired) electrons. The molecular weight excluding hydrogens is 276 g/mol. The van der Waals surface area contributed by atoms with Gasteiger partial charge in [0, 0.05) is 29.7 Å². The van der Waals surface area contributed by atoms with Gasteiger partial charge in [-0.05, 0) is 50.1 Å². The molecule has 20 heavy (non-hydrogen) atoms. The van der Waals surface area contributed by atoms with Crippen LogP contribution in [0.4, 0.5) is 0 Å². The van der Waals surface area contributed by atoms with Crippen LogP contribution in [0.3, 0.4) is 0 Å². The molecule has 1 aromatic carbocycles. The molecule has 1 unspecified atom stereocenters. The molecule has 0 saturated carbocycles. The molecular formula is C15H21ClN2O2. The molecule has 1 aliphatic heterocycles. The summed E-state index contributed by atoms with van der Waals surface area (Å²) in [7, 11) is 0. The number of aliphatic hydroxyl groups excluding tert-OH is 1. The molecule has 5 heteroatoms. The Bertz CT molecular complexity index is 453. The maximum Gasteiger partial charge on any atom is 0.254 e. The largest absolute Gasteiger partial charge is 0.395 e. The van der Waals surface area contributed by atoms with E-state index in [2.05, 4.69) is 5.32 Å². The molecule has 0 aromatic heterocycles. The fourth-order valence-corrected chi connectivity index (χ4v) is 2.91. The number of hydrogen-bond donors (Lipinski definition) is 2. The summed E-state index contributed by atoms with van der Waals surface area (Å²) in [5.41, 5.74) is 1.55. The maximum absolute atomic E-state index is 12.6. The van der Waals surface area contributed by atoms with E-state index in [0.717, 1.165) is 24.9 Å². The highest BCUT2D eigenvalue weighted by Crippen LogP contribution is 2.17. The second-order valence-electron chi connectivity index (χ2n) is 5.29. The number of halogens is 1. The number of nitrogens with zero attached hydrogens (tertiary/aromatic N) is 1. The van der Waals surface area contributed by atoms with E-state index in [0.29, 0.717) is 29.7 Å². The van der Waals surface area contributed by atoms with Crippen molar-refractivity contribution in [1.82, 2.24) is 10.2 Å². The minimum absolute atomic E-state index is 0.0298. The summed E-state index contributed by atoms with van der Waals surface area (Å²) < 4.78 is 0. The zero-order chi connectivity index (χ0) is 14.5. The summed E-state index contributed by atoms with van der Waals surface area (Å²) in [6.07, 6.45) is 2.21. The van der Waals surface area contributed by atoms with Crippen LogP contribution in [0, 0.1) is 6.92 Å². The van der Waals surface area contributed by atoms with Crippen molar-refractivity contribution >= 4 is 17.5 Å². The lowest BCUT2D eigenvalue weighted by atomic mass is 10.1. The number of rotatable bonds is 5. The summed E-state index contributed by atoms with van der Waals surface area (Å²) in [5, 5.41) is 13.1. The predicted octanol–water partition coefficient (Wildman–Crippen LogP) is 1.83. The fraction of sp³-hybridized carbons (Fsp3) is 0.533. The highest BCUT2D eigenvalue weighted by molar-refractivity contribution is 6.31. The first-order chi connectivity index (χ1) is 9.60. The Morgan fingerprint density at radius 2 is 2.30 bits per heavy atom. The van der Waals surface area contributed by atoms with Gasteiger partial charge in [-0.3, -0.25) is 4.79 Å². The van der Waals surface area contributed by atoms with Crippen LogP contribution in [0.5, 0.6) is 0 Å². The molecule has 1 heterocycles. The van der Waals surface area contributed by atoms with E-state index in [1.807, 2.05) is 19.1 Å². The van der Waals surface area contributed by atoms with Crippen molar-refractivity contribution in [2.75, 3.05) is 26.2 Å². The van der Waals surface area contributed by atoms with Gasteiger partial charge in [0.15, 0.2) is 0 Å². The number of carbonyl (C=O) groups excluding carboxylic acids is 1. The third-order valence-electron chi connectivity index (χ3n) is 3.55. The highest BCUT2D eigenvalue weighted by atomic mass is 35.5. The average Bonchev–Trinajstić information content (AvgIpc) is 2.89. The van der Waals surface area contributed by atoms with Gasteiger partial charge >= 0.3 is 0 Å². The van der Waals surface area contributed by atoms with Crippen LogP contribution in [0.15, 0.2) is 18.2 Å². The molecule has 1 fully saturated rings. The number of carbonyl (C=O) groups is 1. The Morgan fingerprint density at radius 3 is 2.90 bits per heavy atom. The number of nitrogens with one attached hydrogen (secondary N) is 1. The molecule has 0 spiro atoms. The molecule has 1 atom stereocenters. The number of benzene rings is 1. The smallest absolute Gasteiger partial charge is 0.254 e. The number of aliphatic hydroxyl groups is 1. The number of hydrogen-bond acceptors (Lipinski definition) is 3. The standard InChI is InChI=1S/C15H21ClN2O2/c1-11-7-12(9-13(16)8-11)15(20)18(5-6-19)10-14-3-2-4-17-14/h7-9,14,17,19H,2-6,10H2,1H3. The van der Waals surface area contributed by atoms with Gasteiger partial charge in [-0.25, -0.2) is 0 Å². The van der Waals surface area contributed by atoms with Gasteiger partial charge in [0.1, 0.15) is 0 Å². The predicted molar refractivity (Wildman–Crippen MR) is 80.2 cm³/mol. The Hall–Kier alpha value is -1.10. The van der Waals surface area contributed by atoms with Crippen molar-refractivity contribution in [2.24, 2.45) is 0 Å². The summed E-state index contributed by atoms with van der Waals surface area (Å²) >= 11 is 6.01. The quantitative estimate of drug-likeness (QED) is 0.872. The summed E-state index contributed by atoms with van der Waals surface area (Å²) in [5.74, 6) is -0.0710. The van der Waals surface area contributed by atoms with E-state index in [9.17, 15) is 9.90 Å². The SMILES string of the molecule is Cc1cc(Cl)cc(C(=O)N(CCO)CC2CCCN2)c1. The van der Waals surface area contributed by atoms with Gasteiger partial charge in [-0.15, -0.1) is 0 Å². The van der Waals surface area contributed by atoms with E-state index >= 15 is 0 Å². The first kappa shape index (κ1) is 15.3. The van der Waals surface area contributed by atoms with Gasteiger partial charge < -0.3 is 15.3 Å². The van der Waals surface area contributed by atoms with Crippen LogP contribution < -0.4 is 5.32 Å². The van der Waals surface area contributed by atoms with Crippen LogP contribution in [0.1, 0.15) is 28.8 Å². The van der Waals surface area contributed by atoms with Gasteiger partial charge in [-0.2, -0.15) is 0 Å². The fourth-order valence-electron chi connectivity index (χ4n) is 2.62. The molecule has 0 bridgehead atoms. The first-order valence-corrected chi connectivity index (χ1v) is 7.38. The van der Waals surface area contributed by atoms with Crippen molar-refractivity contribution in [3.63, 3.8) is 0 Å². The Balaban J connectivity index is 2.12. The first-order valence-electron chi connectivity index (χ1n) is 7.01. The Morgan fingerprint density at radius 1 is 1.50 bits per heavy atom. The van der Waals surface area contributed by atoms with Crippen molar-refractivity contribution in [2.45, 2.75) is 25.8 Å². The van der Waals surface area contributed by atoms with Gasteiger partial charge in [0.2, 0.25) is 0 Å². The van der Waals surface area contributed by atoms with Gasteiger partial charge in [0.25, 0.3) is 5.91 Å². The molecule has 1 amide bonds. The van der Waals surface area contributed by atoms with Crippen LogP contribution in [0.25, 0.3) is 0 Å². The minimum atomic E-state index is -0.0710. The lowest BCUT2D eigenvalue weighted by Gasteiger charge is -2.25. The summed E-state index contributed by atoms with van der Waals surface area (Å²) in [4.78, 5) is 14.3. The molecule has 2 N–H and O–H groups in total. The summed E-state index contributed by atoms with van der Waals surface area (Å²) in [6, 6.07) is 5.67. The van der Waals surface area contributed by atoms with Crippen LogP contribution in [-0.2, 0) is 0 Å². The van der Waals surface area contributed by atoms with E-state index in [-0.39, 0.29) is 12.5 Å². The zero-order valence-corrected chi connectivity index (χ0v) is 12.5. The van der Waals surface area contributed by atoms with E-state index in [1.165, 1.54) is 0 Å². The lowest BCUT2D eigenvalue weighted by Crippen LogP contribution is -2.42. The molecule has 1 saturated heterocycles. The van der Waals surface area contributed by atoms with E-state index in [1.54, 1.807) is 11.0 Å². The topological polar surface area (TPSA) is 52.6 Å². The monoisotopic (exact) mass is 296 g/mol. The third-order valence-corrected chi connectivity index (χ3v) is 3.77. The molecule has 110 valence electrons. The Kier molecular flexibility index (Phi) is 5.40. The molecule has 0 aliphatic carbocycles. The second-order valence-corrected chi connectivity index (χ2v) is 5.72. The number of aryl methyl sites for hydroxylation is 1. The average molecular weight is 297 g/mol. The van der Waals surface area contributed by atoms with Gasteiger partial charge in [0.05, 0.1) is 6.61 Å². The van der Waals surface area contributed by atoms with Crippen molar-refractivity contribution in [1.29, 1.82) is 0 Å². The molecule has 1 aliphatic rings. The molecule has 4 nitrogen and oxygen atoms in total. The van der Waals surface area contributed by atoms with Crippen molar-refractivity contribution in [3.05, 3.63) is 34.3 Å². The van der Waals surface area contributed by atoms with E-state index < -0.39 is 0 Å². The van der Waals surface area contributed by atoms with Crippen LogP contribution in [-0.4, -0.2) is 48.2 Å². The Labute approximate surface area is 124 Å². The van der Waals surface area contributed by atoms with Crippen LogP contribution >= 0.6 is 11.6 Å². The minimum Gasteiger partial charge on any atom is -0.395 e. The van der Waals surface area contributed by atoms with Crippen molar-refractivity contribution < 1.29 is 9.90 Å². The molecule has 2 rings (SSSR count). The summed E-state index contributed by atoms with van der Waals surface area (Å²) in [6.45, 7) is 3.87.